The van der Waals surface area contributed by atoms with Crippen LogP contribution in [-0.2, 0) is 4.74 Å². The average molecular weight is 161 g/mol. The molecular weight excluding hydrogens is 142 g/mol. The maximum atomic E-state index is 8.61. The van der Waals surface area contributed by atoms with Crippen LogP contribution < -0.4 is 5.32 Å². The van der Waals surface area contributed by atoms with Crippen molar-refractivity contribution >= 4 is 0 Å². The Labute approximate surface area is 68.8 Å². The molecule has 68 valence electrons. The molecule has 0 aliphatic heterocycles. The number of aliphatic hydroxyl groups excluding tert-OH is 1. The molecule has 0 saturated heterocycles. The zero-order chi connectivity index (χ0) is 8.69. The van der Waals surface area contributed by atoms with Crippen LogP contribution in [0.4, 0.5) is 0 Å². The third-order valence-electron chi connectivity index (χ3n) is 1.55. The van der Waals surface area contributed by atoms with Crippen molar-refractivity contribution in [1.29, 1.82) is 0 Å². The lowest BCUT2D eigenvalue weighted by Gasteiger charge is -2.18. The molecule has 0 aromatic heterocycles. The quantitative estimate of drug-likeness (QED) is 0.592. The van der Waals surface area contributed by atoms with Gasteiger partial charge in [0.2, 0.25) is 0 Å². The van der Waals surface area contributed by atoms with E-state index in [0.29, 0.717) is 12.1 Å². The Hall–Kier alpha value is -0.120. The third-order valence-corrected chi connectivity index (χ3v) is 1.55. The van der Waals surface area contributed by atoms with E-state index in [1.807, 2.05) is 0 Å². The molecule has 0 fully saturated rings. The highest BCUT2D eigenvalue weighted by Gasteiger charge is 2.05. The van der Waals surface area contributed by atoms with Gasteiger partial charge in [0.05, 0.1) is 6.61 Å². The van der Waals surface area contributed by atoms with Gasteiger partial charge in [-0.1, -0.05) is 0 Å². The third kappa shape index (κ3) is 6.28. The summed E-state index contributed by atoms with van der Waals surface area (Å²) < 4.78 is 4.96. The number of hydrogen-bond donors (Lipinski definition) is 2. The fraction of sp³-hybridized carbons (Fsp3) is 1.00. The zero-order valence-electron chi connectivity index (χ0n) is 7.63. The number of methoxy groups -OCH3 is 1. The SMILES string of the molecule is COCC(C)NC(C)CCO. The fourth-order valence-corrected chi connectivity index (χ4v) is 1.06. The minimum atomic E-state index is 0.244. The van der Waals surface area contributed by atoms with E-state index in [1.54, 1.807) is 7.11 Å². The summed E-state index contributed by atoms with van der Waals surface area (Å²) in [6, 6.07) is 0.728. The van der Waals surface area contributed by atoms with Gasteiger partial charge in [0.15, 0.2) is 0 Å². The largest absolute Gasteiger partial charge is 0.396 e. The summed E-state index contributed by atoms with van der Waals surface area (Å²) in [5.74, 6) is 0. The van der Waals surface area contributed by atoms with Gasteiger partial charge in [-0.3, -0.25) is 0 Å². The number of rotatable bonds is 6. The van der Waals surface area contributed by atoms with Crippen molar-refractivity contribution in [2.45, 2.75) is 32.4 Å². The van der Waals surface area contributed by atoms with Crippen LogP contribution in [0.5, 0.6) is 0 Å². The van der Waals surface area contributed by atoms with Crippen molar-refractivity contribution in [3.05, 3.63) is 0 Å². The van der Waals surface area contributed by atoms with E-state index in [0.717, 1.165) is 13.0 Å². The smallest absolute Gasteiger partial charge is 0.0613 e. The van der Waals surface area contributed by atoms with Crippen molar-refractivity contribution < 1.29 is 9.84 Å². The van der Waals surface area contributed by atoms with Gasteiger partial charge < -0.3 is 15.2 Å². The molecule has 0 aromatic rings. The van der Waals surface area contributed by atoms with Gasteiger partial charge in [0, 0.05) is 25.8 Å². The molecule has 0 aromatic carbocycles. The van der Waals surface area contributed by atoms with Crippen LogP contribution in [0.25, 0.3) is 0 Å². The predicted molar refractivity (Wildman–Crippen MR) is 45.6 cm³/mol. The second-order valence-electron chi connectivity index (χ2n) is 2.94. The van der Waals surface area contributed by atoms with Crippen LogP contribution in [0.3, 0.4) is 0 Å². The van der Waals surface area contributed by atoms with E-state index in [2.05, 4.69) is 19.2 Å². The van der Waals surface area contributed by atoms with Crippen molar-refractivity contribution in [3.63, 3.8) is 0 Å². The molecule has 0 aliphatic carbocycles. The van der Waals surface area contributed by atoms with Crippen molar-refractivity contribution in [2.75, 3.05) is 20.3 Å². The normalized spacial score (nSPS) is 16.4. The molecule has 0 radical (unpaired) electrons. The molecule has 0 spiro atoms. The monoisotopic (exact) mass is 161 g/mol. The van der Waals surface area contributed by atoms with Crippen LogP contribution in [-0.4, -0.2) is 37.5 Å². The van der Waals surface area contributed by atoms with Crippen LogP contribution in [0.1, 0.15) is 20.3 Å². The minimum Gasteiger partial charge on any atom is -0.396 e. The maximum absolute atomic E-state index is 8.61. The van der Waals surface area contributed by atoms with Gasteiger partial charge in [-0.2, -0.15) is 0 Å². The number of ether oxygens (including phenoxy) is 1. The standard InChI is InChI=1S/C8H19NO2/c1-7(4-5-10)9-8(2)6-11-3/h7-10H,4-6H2,1-3H3. The highest BCUT2D eigenvalue weighted by Crippen LogP contribution is 1.92. The summed E-state index contributed by atoms with van der Waals surface area (Å²) in [6.45, 7) is 5.09. The molecule has 3 heteroatoms. The fourth-order valence-electron chi connectivity index (χ4n) is 1.06. The summed E-state index contributed by atoms with van der Waals surface area (Å²) >= 11 is 0. The molecule has 0 bridgehead atoms. The lowest BCUT2D eigenvalue weighted by atomic mass is 10.2. The average Bonchev–Trinajstić information content (AvgIpc) is 1.87. The molecule has 2 atom stereocenters. The lowest BCUT2D eigenvalue weighted by molar-refractivity contribution is 0.163. The first-order valence-corrected chi connectivity index (χ1v) is 4.06. The van der Waals surface area contributed by atoms with Crippen LogP contribution in [0.2, 0.25) is 0 Å². The molecule has 0 aliphatic rings. The molecule has 2 N–H and O–H groups in total. The summed E-state index contributed by atoms with van der Waals surface area (Å²) in [5, 5.41) is 11.9. The molecule has 3 nitrogen and oxygen atoms in total. The van der Waals surface area contributed by atoms with E-state index in [1.165, 1.54) is 0 Å². The van der Waals surface area contributed by atoms with Crippen molar-refractivity contribution in [1.82, 2.24) is 5.32 Å². The molecular formula is C8H19NO2. The zero-order valence-corrected chi connectivity index (χ0v) is 7.63. The first-order chi connectivity index (χ1) is 5.20. The predicted octanol–water partition coefficient (Wildman–Crippen LogP) is 0.382. The van der Waals surface area contributed by atoms with Gasteiger partial charge in [0.1, 0.15) is 0 Å². The van der Waals surface area contributed by atoms with Crippen molar-refractivity contribution in [2.24, 2.45) is 0 Å². The first-order valence-electron chi connectivity index (χ1n) is 4.06. The maximum Gasteiger partial charge on any atom is 0.0613 e. The topological polar surface area (TPSA) is 41.5 Å². The number of aliphatic hydroxyl groups is 1. The van der Waals surface area contributed by atoms with E-state index in [4.69, 9.17) is 9.84 Å². The Balaban J connectivity index is 3.32. The Kier molecular flexibility index (Phi) is 6.51. The second-order valence-corrected chi connectivity index (χ2v) is 2.94. The number of nitrogens with one attached hydrogen (secondary N) is 1. The first kappa shape index (κ1) is 10.9. The lowest BCUT2D eigenvalue weighted by Crippen LogP contribution is -2.37. The molecule has 2 unspecified atom stereocenters. The second kappa shape index (κ2) is 6.58. The Morgan fingerprint density at radius 3 is 2.45 bits per heavy atom. The van der Waals surface area contributed by atoms with Crippen LogP contribution in [0, 0.1) is 0 Å². The Morgan fingerprint density at radius 1 is 1.36 bits per heavy atom. The summed E-state index contributed by atoms with van der Waals surface area (Å²) in [7, 11) is 1.69. The summed E-state index contributed by atoms with van der Waals surface area (Å²) in [5.41, 5.74) is 0. The van der Waals surface area contributed by atoms with Gasteiger partial charge in [-0.05, 0) is 20.3 Å². The summed E-state index contributed by atoms with van der Waals surface area (Å²) in [4.78, 5) is 0. The molecule has 0 saturated carbocycles. The minimum absolute atomic E-state index is 0.244. The van der Waals surface area contributed by atoms with E-state index < -0.39 is 0 Å². The Bertz CT molecular complexity index is 78.2. The highest BCUT2D eigenvalue weighted by molar-refractivity contribution is 4.65. The Morgan fingerprint density at radius 2 is 2.00 bits per heavy atom. The van der Waals surface area contributed by atoms with Crippen LogP contribution in [0.15, 0.2) is 0 Å². The van der Waals surface area contributed by atoms with Crippen LogP contribution >= 0.6 is 0 Å². The van der Waals surface area contributed by atoms with Gasteiger partial charge in [-0.25, -0.2) is 0 Å². The summed E-state index contributed by atoms with van der Waals surface area (Å²) in [6.07, 6.45) is 0.800. The molecule has 0 rings (SSSR count). The molecule has 0 heterocycles. The van der Waals surface area contributed by atoms with Crippen molar-refractivity contribution in [3.8, 4) is 0 Å². The highest BCUT2D eigenvalue weighted by atomic mass is 16.5. The molecule has 0 amide bonds. The van der Waals surface area contributed by atoms with E-state index in [9.17, 15) is 0 Å². The van der Waals surface area contributed by atoms with E-state index in [-0.39, 0.29) is 6.61 Å². The number of hydrogen-bond acceptors (Lipinski definition) is 3. The van der Waals surface area contributed by atoms with Gasteiger partial charge in [0.25, 0.3) is 0 Å². The molecule has 11 heavy (non-hydrogen) atoms. The van der Waals surface area contributed by atoms with Gasteiger partial charge >= 0.3 is 0 Å². The van der Waals surface area contributed by atoms with Gasteiger partial charge in [-0.15, -0.1) is 0 Å². The van der Waals surface area contributed by atoms with E-state index >= 15 is 0 Å².